The molecule has 3 rings (SSSR count). The zero-order valence-electron chi connectivity index (χ0n) is 51.7. The second kappa shape index (κ2) is 38.4. The van der Waals surface area contributed by atoms with Crippen LogP contribution in [0.2, 0.25) is 0 Å². The van der Waals surface area contributed by atoms with Gasteiger partial charge in [0.1, 0.15) is 48.3 Å². The van der Waals surface area contributed by atoms with Gasteiger partial charge in [0.15, 0.2) is 17.9 Å². The molecule has 33 heteroatoms. The van der Waals surface area contributed by atoms with Gasteiger partial charge >= 0.3 is 5.97 Å². The standard InChI is InChI=1S/C58H91N21O12/c1-5-31(4)46(54(89)74-38(19-12-24-69-57(64)65)50(85)78-45(30(2)3)53(88)75-40(55(90)91)20-13-25-70-58(66)67)79-52(87)42(28-44(61)81)77-48(83)37(18-11-23-68-56(62)63)72-49(84)39(21-22-43(60)80)73-51(86)41(27-33-29-71-36-17-10-9-16-34(33)36)76-47(82)35(59)26-32-14-7-6-8-15-32/h6-10,14-17,29-31,35,37-42,45-46,71H,5,11-13,18-28,59H2,1-4H3,(H2,60,80)(H2,61,81)(H,72,84)(H,73,86)(H,74,89)(H,75,88)(H,76,82)(H,77,83)(H,78,85)(H,79,87)(H,90,91)(H4,62,63,68)(H4,64,65,69)(H4,66,67,70)/t31-,35-,37-,38-,39-,40-,41-,42-,45-,46-/m0/s1. The largest absolute Gasteiger partial charge is 0.480 e. The highest BCUT2D eigenvalue weighted by atomic mass is 16.4. The van der Waals surface area contributed by atoms with E-state index in [0.717, 1.165) is 16.5 Å². The molecule has 0 fully saturated rings. The normalized spacial score (nSPS) is 14.3. The number of nitrogens with zero attached hydrogens (tertiary/aromatic N) is 3. The summed E-state index contributed by atoms with van der Waals surface area (Å²) in [6.45, 7) is 6.45. The number of benzene rings is 2. The minimum Gasteiger partial charge on any atom is -0.480 e. The van der Waals surface area contributed by atoms with Crippen LogP contribution < -0.4 is 94.1 Å². The number of aliphatic imine (C=N–C) groups is 3. The maximum absolute atomic E-state index is 14.5. The highest BCUT2D eigenvalue weighted by Gasteiger charge is 2.37. The average Bonchev–Trinajstić information content (AvgIpc) is 1.87. The van der Waals surface area contributed by atoms with Gasteiger partial charge in [0.25, 0.3) is 0 Å². The van der Waals surface area contributed by atoms with Crippen LogP contribution in [0.25, 0.3) is 10.9 Å². The molecule has 28 N–H and O–H groups in total. The number of carboxylic acid groups (broad SMARTS) is 1. The molecule has 2 aromatic carbocycles. The van der Waals surface area contributed by atoms with Crippen LogP contribution in [0.15, 0.2) is 75.8 Å². The number of primary amides is 2. The van der Waals surface area contributed by atoms with Crippen molar-refractivity contribution in [1.29, 1.82) is 0 Å². The fourth-order valence-corrected chi connectivity index (χ4v) is 9.33. The Kier molecular flexibility index (Phi) is 31.7. The maximum Gasteiger partial charge on any atom is 0.326 e. The Labute approximate surface area is 526 Å². The Morgan fingerprint density at radius 3 is 1.42 bits per heavy atom. The summed E-state index contributed by atoms with van der Waals surface area (Å²) in [5.41, 5.74) is 52.4. The third-order valence-corrected chi connectivity index (χ3v) is 14.5. The number of rotatable bonds is 41. The predicted octanol–water partition coefficient (Wildman–Crippen LogP) is -4.75. The number of para-hydroxylation sites is 1. The lowest BCUT2D eigenvalue weighted by molar-refractivity contribution is -0.143. The van der Waals surface area contributed by atoms with Crippen molar-refractivity contribution in [3.63, 3.8) is 0 Å². The van der Waals surface area contributed by atoms with Gasteiger partial charge in [0.2, 0.25) is 59.1 Å². The Morgan fingerprint density at radius 2 is 0.912 bits per heavy atom. The van der Waals surface area contributed by atoms with Crippen LogP contribution >= 0.6 is 0 Å². The number of nitrogens with one attached hydrogen (secondary N) is 9. The summed E-state index contributed by atoms with van der Waals surface area (Å²) in [5.74, 6) is -12.9. The molecule has 0 saturated carbocycles. The molecule has 0 aliphatic heterocycles. The van der Waals surface area contributed by atoms with Crippen LogP contribution in [-0.2, 0) is 65.6 Å². The van der Waals surface area contributed by atoms with Crippen molar-refractivity contribution in [2.45, 2.75) is 159 Å². The molecule has 0 saturated heterocycles. The summed E-state index contributed by atoms with van der Waals surface area (Å²) in [5, 5.41) is 31.1. The minimum atomic E-state index is -1.83. The second-order valence-corrected chi connectivity index (χ2v) is 22.2. The topological polar surface area (TPSA) is 591 Å². The van der Waals surface area contributed by atoms with Gasteiger partial charge in [-0.25, -0.2) is 4.79 Å². The molecule has 500 valence electrons. The van der Waals surface area contributed by atoms with Crippen LogP contribution in [0.1, 0.15) is 103 Å². The van der Waals surface area contributed by atoms with E-state index in [1.807, 2.05) is 6.07 Å². The van der Waals surface area contributed by atoms with E-state index in [1.54, 1.807) is 82.4 Å². The van der Waals surface area contributed by atoms with Gasteiger partial charge in [-0.3, -0.25) is 62.9 Å². The lowest BCUT2D eigenvalue weighted by Gasteiger charge is -2.30. The van der Waals surface area contributed by atoms with Crippen LogP contribution in [0, 0.1) is 11.8 Å². The van der Waals surface area contributed by atoms with Gasteiger partial charge < -0.3 is 104 Å². The molecule has 0 aliphatic carbocycles. The number of hydrogen-bond acceptors (Lipinski definition) is 15. The number of H-pyrrole nitrogens is 1. The van der Waals surface area contributed by atoms with Crippen LogP contribution in [0.5, 0.6) is 0 Å². The second-order valence-electron chi connectivity index (χ2n) is 22.2. The maximum atomic E-state index is 14.5. The number of nitrogens with two attached hydrogens (primary N) is 9. The molecular weight excluding hydrogens is 1180 g/mol. The summed E-state index contributed by atoms with van der Waals surface area (Å²) in [6.07, 6.45) is -0.0101. The monoisotopic (exact) mass is 1270 g/mol. The summed E-state index contributed by atoms with van der Waals surface area (Å²) >= 11 is 0. The van der Waals surface area contributed by atoms with Crippen molar-refractivity contribution >= 4 is 93.8 Å². The van der Waals surface area contributed by atoms with Crippen molar-refractivity contribution in [1.82, 2.24) is 47.5 Å². The molecule has 0 bridgehead atoms. The Hall–Kier alpha value is -10.1. The number of aliphatic carboxylic acids is 1. The van der Waals surface area contributed by atoms with Gasteiger partial charge in [-0.1, -0.05) is 82.6 Å². The molecular formula is C58H91N21O12. The summed E-state index contributed by atoms with van der Waals surface area (Å²) in [6, 6.07) is 2.91. The van der Waals surface area contributed by atoms with Crippen molar-refractivity contribution < 1.29 is 57.8 Å². The first-order valence-electron chi connectivity index (χ1n) is 29.7. The Bertz CT molecular complexity index is 3050. The van der Waals surface area contributed by atoms with E-state index in [-0.39, 0.29) is 95.3 Å². The highest BCUT2D eigenvalue weighted by molar-refractivity contribution is 6.00. The van der Waals surface area contributed by atoms with E-state index >= 15 is 0 Å². The number of amides is 10. The number of aromatic nitrogens is 1. The van der Waals surface area contributed by atoms with Gasteiger partial charge in [-0.15, -0.1) is 0 Å². The summed E-state index contributed by atoms with van der Waals surface area (Å²) in [4.78, 5) is 166. The third kappa shape index (κ3) is 27.1. The van der Waals surface area contributed by atoms with Gasteiger partial charge in [0.05, 0.1) is 12.5 Å². The first-order valence-corrected chi connectivity index (χ1v) is 29.7. The lowest BCUT2D eigenvalue weighted by atomic mass is 9.96. The van der Waals surface area contributed by atoms with E-state index in [9.17, 15) is 57.8 Å². The number of fused-ring (bicyclic) bond motifs is 1. The SMILES string of the molecule is CC[C@H](C)[C@H](NC(=O)[C@H](CC(N)=O)NC(=O)[C@H](CCCN=C(N)N)NC(=O)[C@H](CCC(N)=O)NC(=O)[C@H](Cc1c[nH]c2ccccc12)NC(=O)[C@@H](N)Cc1ccccc1)C(=O)N[C@@H](CCCN=C(N)N)C(=O)N[C@H](C(=O)N[C@@H](CCCN=C(N)N)C(=O)O)C(C)C. The van der Waals surface area contributed by atoms with Crippen LogP contribution in [-0.4, -0.2) is 167 Å². The van der Waals surface area contributed by atoms with E-state index < -0.39 is 151 Å². The zero-order chi connectivity index (χ0) is 67.9. The minimum absolute atomic E-state index is 0.00719. The molecule has 0 unspecified atom stereocenters. The van der Waals surface area contributed by atoms with Crippen molar-refractivity contribution in [2.24, 2.45) is 78.4 Å². The number of hydrogen-bond donors (Lipinski definition) is 19. The van der Waals surface area contributed by atoms with E-state index in [1.165, 1.54) is 0 Å². The number of carboxylic acids is 1. The molecule has 0 radical (unpaired) electrons. The predicted molar refractivity (Wildman–Crippen MR) is 339 cm³/mol. The number of guanidine groups is 3. The van der Waals surface area contributed by atoms with Crippen LogP contribution in [0.4, 0.5) is 0 Å². The fraction of sp³-hybridized carbons (Fsp3) is 0.517. The third-order valence-electron chi connectivity index (χ3n) is 14.5. The van der Waals surface area contributed by atoms with E-state index in [2.05, 4.69) is 62.5 Å². The number of carbonyl (C=O) groups is 11. The quantitative estimate of drug-likeness (QED) is 0.0144. The molecule has 10 atom stereocenters. The van der Waals surface area contributed by atoms with Crippen molar-refractivity contribution in [3.05, 3.63) is 71.9 Å². The number of carbonyl (C=O) groups excluding carboxylic acids is 10. The average molecular weight is 1270 g/mol. The summed E-state index contributed by atoms with van der Waals surface area (Å²) < 4.78 is 0. The van der Waals surface area contributed by atoms with Crippen LogP contribution in [0.3, 0.4) is 0 Å². The fourth-order valence-electron chi connectivity index (χ4n) is 9.33. The van der Waals surface area contributed by atoms with Gasteiger partial charge in [-0.05, 0) is 80.4 Å². The number of aromatic amines is 1. The Morgan fingerprint density at radius 1 is 0.484 bits per heavy atom. The molecule has 1 aromatic heterocycles. The van der Waals surface area contributed by atoms with Crippen molar-refractivity contribution in [2.75, 3.05) is 19.6 Å². The molecule has 0 aliphatic rings. The molecule has 0 spiro atoms. The first-order chi connectivity index (χ1) is 43.0. The molecule has 33 nitrogen and oxygen atoms in total. The summed E-state index contributed by atoms with van der Waals surface area (Å²) in [7, 11) is 0. The zero-order valence-corrected chi connectivity index (χ0v) is 51.7. The Balaban J connectivity index is 1.97. The highest BCUT2D eigenvalue weighted by Crippen LogP contribution is 2.20. The first kappa shape index (κ1) is 75.2. The van der Waals surface area contributed by atoms with E-state index in [4.69, 9.17) is 51.6 Å². The van der Waals surface area contributed by atoms with Gasteiger partial charge in [0, 0.05) is 49.6 Å². The smallest absolute Gasteiger partial charge is 0.326 e. The molecule has 91 heavy (non-hydrogen) atoms. The van der Waals surface area contributed by atoms with Crippen molar-refractivity contribution in [3.8, 4) is 0 Å². The molecule has 1 heterocycles. The van der Waals surface area contributed by atoms with Gasteiger partial charge in [-0.2, -0.15) is 0 Å². The molecule has 10 amide bonds. The van der Waals surface area contributed by atoms with E-state index in [0.29, 0.717) is 5.56 Å². The molecule has 3 aromatic rings. The lowest BCUT2D eigenvalue weighted by Crippen LogP contribution is -2.62.